The zero-order chi connectivity index (χ0) is 25.5. The Bertz CT molecular complexity index is 1190. The molecule has 0 amide bonds. The molecule has 192 valence electrons. The Balaban J connectivity index is 1.75. The Kier molecular flexibility index (Phi) is 8.52. The normalized spacial score (nSPS) is 14.1. The lowest BCUT2D eigenvalue weighted by atomic mass is 9.96. The maximum Gasteiger partial charge on any atom is 0.221 e. The van der Waals surface area contributed by atoms with Crippen molar-refractivity contribution in [3.8, 4) is 22.6 Å². The molecule has 10 heteroatoms. The highest BCUT2D eigenvalue weighted by Gasteiger charge is 2.21. The van der Waals surface area contributed by atoms with Crippen LogP contribution in [-0.4, -0.2) is 61.7 Å². The van der Waals surface area contributed by atoms with Crippen molar-refractivity contribution >= 4 is 11.8 Å². The lowest BCUT2D eigenvalue weighted by Crippen LogP contribution is -2.35. The van der Waals surface area contributed by atoms with Gasteiger partial charge in [-0.15, -0.1) is 0 Å². The van der Waals surface area contributed by atoms with E-state index in [2.05, 4.69) is 14.9 Å². The fraction of sp³-hybridized carbons (Fsp3) is 0.385. The minimum atomic E-state index is -0.291. The summed E-state index contributed by atoms with van der Waals surface area (Å²) in [7, 11) is 1.54. The van der Waals surface area contributed by atoms with E-state index >= 15 is 4.39 Å². The predicted molar refractivity (Wildman–Crippen MR) is 135 cm³/mol. The number of morpholine rings is 1. The van der Waals surface area contributed by atoms with E-state index in [9.17, 15) is 0 Å². The smallest absolute Gasteiger partial charge is 0.221 e. The van der Waals surface area contributed by atoms with Crippen molar-refractivity contribution in [1.29, 1.82) is 0 Å². The molecule has 1 aliphatic heterocycles. The van der Waals surface area contributed by atoms with Crippen LogP contribution in [0.5, 0.6) is 11.5 Å². The average molecular weight is 498 g/mol. The molecule has 0 spiro atoms. The highest BCUT2D eigenvalue weighted by Crippen LogP contribution is 2.42. The first-order valence-corrected chi connectivity index (χ1v) is 11.9. The van der Waals surface area contributed by atoms with Crippen molar-refractivity contribution in [2.75, 3.05) is 58.3 Å². The summed E-state index contributed by atoms with van der Waals surface area (Å²) in [5, 5.41) is 0. The van der Waals surface area contributed by atoms with Crippen LogP contribution in [0.3, 0.4) is 0 Å². The molecule has 0 atom stereocenters. The number of nitrogens with zero attached hydrogens (tertiary/aromatic N) is 3. The molecule has 2 heterocycles. The number of nitrogen functional groups attached to an aromatic ring is 2. The van der Waals surface area contributed by atoms with Crippen molar-refractivity contribution in [2.45, 2.75) is 19.9 Å². The summed E-state index contributed by atoms with van der Waals surface area (Å²) in [6.45, 7) is 5.74. The summed E-state index contributed by atoms with van der Waals surface area (Å²) in [5.41, 5.74) is 15.1. The second kappa shape index (κ2) is 12.0. The standard InChI is InChI=1S/C26H32FN5O4/c1-3-35-22-7-6-18(12-20-14-30-26(29)31-25(20)28)24(36-16-33-2)23(22)17-4-5-19(21(27)13-17)15-32-8-10-34-11-9-32/h4-7,13-14H,3,8-12,15-16H2,1-2H3,(H4,28,29,30,31). The SMILES string of the molecule is CCOc1ccc(Cc2cnc(N)nc2N)c(OCOC)c1-c1ccc(CN2CCOCC2)c(F)c1. The molecule has 4 N–H and O–H groups in total. The summed E-state index contributed by atoms with van der Waals surface area (Å²) in [4.78, 5) is 10.3. The summed E-state index contributed by atoms with van der Waals surface area (Å²) in [5.74, 6) is 1.19. The van der Waals surface area contributed by atoms with Gasteiger partial charge in [-0.1, -0.05) is 18.2 Å². The van der Waals surface area contributed by atoms with E-state index in [0.717, 1.165) is 18.7 Å². The van der Waals surface area contributed by atoms with Crippen molar-refractivity contribution in [2.24, 2.45) is 0 Å². The minimum absolute atomic E-state index is 0.000888. The van der Waals surface area contributed by atoms with Gasteiger partial charge in [-0.3, -0.25) is 4.90 Å². The van der Waals surface area contributed by atoms with Gasteiger partial charge in [-0.2, -0.15) is 4.98 Å². The Morgan fingerprint density at radius 1 is 1.06 bits per heavy atom. The monoisotopic (exact) mass is 497 g/mol. The number of methoxy groups -OCH3 is 1. The predicted octanol–water partition coefficient (Wildman–Crippen LogP) is 3.25. The van der Waals surface area contributed by atoms with Crippen LogP contribution in [0.15, 0.2) is 36.5 Å². The molecule has 0 bridgehead atoms. The summed E-state index contributed by atoms with van der Waals surface area (Å²) in [6.07, 6.45) is 1.97. The molecule has 9 nitrogen and oxygen atoms in total. The molecule has 1 aliphatic rings. The average Bonchev–Trinajstić information content (AvgIpc) is 2.87. The zero-order valence-electron chi connectivity index (χ0n) is 20.6. The Hall–Kier alpha value is -3.47. The molecule has 4 rings (SSSR count). The second-order valence-electron chi connectivity index (χ2n) is 8.42. The number of anilines is 2. The Labute approximate surface area is 210 Å². The number of hydrogen-bond donors (Lipinski definition) is 2. The van der Waals surface area contributed by atoms with Crippen LogP contribution in [0.2, 0.25) is 0 Å². The number of nitrogens with two attached hydrogens (primary N) is 2. The number of aromatic nitrogens is 2. The minimum Gasteiger partial charge on any atom is -0.493 e. The molecule has 1 fully saturated rings. The lowest BCUT2D eigenvalue weighted by molar-refractivity contribution is 0.0337. The number of rotatable bonds is 10. The highest BCUT2D eigenvalue weighted by molar-refractivity contribution is 5.79. The highest BCUT2D eigenvalue weighted by atomic mass is 19.1. The number of halogens is 1. The Morgan fingerprint density at radius 3 is 2.53 bits per heavy atom. The molecule has 36 heavy (non-hydrogen) atoms. The maximum absolute atomic E-state index is 15.3. The van der Waals surface area contributed by atoms with Gasteiger partial charge in [-0.25, -0.2) is 9.37 Å². The zero-order valence-corrected chi connectivity index (χ0v) is 20.6. The van der Waals surface area contributed by atoms with Crippen LogP contribution < -0.4 is 20.9 Å². The van der Waals surface area contributed by atoms with E-state index < -0.39 is 0 Å². The third-order valence-corrected chi connectivity index (χ3v) is 5.96. The third-order valence-electron chi connectivity index (χ3n) is 5.96. The molecular formula is C26H32FN5O4. The summed E-state index contributed by atoms with van der Waals surface area (Å²) >= 11 is 0. The van der Waals surface area contributed by atoms with Gasteiger partial charge < -0.3 is 30.4 Å². The molecule has 0 saturated carbocycles. The van der Waals surface area contributed by atoms with Crippen molar-refractivity contribution < 1.29 is 23.3 Å². The van der Waals surface area contributed by atoms with Crippen LogP contribution in [-0.2, 0) is 22.4 Å². The van der Waals surface area contributed by atoms with Gasteiger partial charge in [0.25, 0.3) is 0 Å². The molecule has 0 aliphatic carbocycles. The fourth-order valence-electron chi connectivity index (χ4n) is 4.19. The fourth-order valence-corrected chi connectivity index (χ4v) is 4.19. The van der Waals surface area contributed by atoms with Crippen LogP contribution >= 0.6 is 0 Å². The van der Waals surface area contributed by atoms with Gasteiger partial charge in [0, 0.05) is 50.5 Å². The molecule has 1 saturated heterocycles. The van der Waals surface area contributed by atoms with E-state index in [0.29, 0.717) is 66.5 Å². The van der Waals surface area contributed by atoms with Gasteiger partial charge in [0.05, 0.1) is 25.4 Å². The number of benzene rings is 2. The Morgan fingerprint density at radius 2 is 1.83 bits per heavy atom. The van der Waals surface area contributed by atoms with Gasteiger partial charge in [-0.05, 0) is 30.2 Å². The molecule has 0 radical (unpaired) electrons. The molecule has 1 aromatic heterocycles. The van der Waals surface area contributed by atoms with Crippen molar-refractivity contribution in [3.63, 3.8) is 0 Å². The van der Waals surface area contributed by atoms with Crippen LogP contribution in [0.1, 0.15) is 23.6 Å². The first-order valence-electron chi connectivity index (χ1n) is 11.9. The van der Waals surface area contributed by atoms with Crippen LogP contribution in [0, 0.1) is 5.82 Å². The van der Waals surface area contributed by atoms with E-state index in [1.165, 1.54) is 13.2 Å². The summed E-state index contributed by atoms with van der Waals surface area (Å²) < 4.78 is 37.9. The summed E-state index contributed by atoms with van der Waals surface area (Å²) in [6, 6.07) is 8.97. The van der Waals surface area contributed by atoms with Gasteiger partial charge in [0.2, 0.25) is 5.95 Å². The first kappa shape index (κ1) is 25.6. The van der Waals surface area contributed by atoms with Gasteiger partial charge in [0.15, 0.2) is 6.79 Å². The maximum atomic E-state index is 15.3. The van der Waals surface area contributed by atoms with Crippen molar-refractivity contribution in [1.82, 2.24) is 14.9 Å². The van der Waals surface area contributed by atoms with E-state index in [-0.39, 0.29) is 24.4 Å². The van der Waals surface area contributed by atoms with E-state index in [4.69, 9.17) is 30.4 Å². The van der Waals surface area contributed by atoms with E-state index in [1.54, 1.807) is 6.20 Å². The van der Waals surface area contributed by atoms with Gasteiger partial charge in [0.1, 0.15) is 23.1 Å². The van der Waals surface area contributed by atoms with Crippen LogP contribution in [0.25, 0.3) is 11.1 Å². The quantitative estimate of drug-likeness (QED) is 0.407. The molecule has 2 aromatic carbocycles. The molecule has 0 unspecified atom stereocenters. The lowest BCUT2D eigenvalue weighted by Gasteiger charge is -2.26. The van der Waals surface area contributed by atoms with Gasteiger partial charge >= 0.3 is 0 Å². The largest absolute Gasteiger partial charge is 0.493 e. The second-order valence-corrected chi connectivity index (χ2v) is 8.42. The third kappa shape index (κ3) is 6.01. The molecular weight excluding hydrogens is 465 g/mol. The van der Waals surface area contributed by atoms with Crippen molar-refractivity contribution in [3.05, 3.63) is 59.0 Å². The number of hydrogen-bond acceptors (Lipinski definition) is 9. The van der Waals surface area contributed by atoms with Crippen LogP contribution in [0.4, 0.5) is 16.2 Å². The topological polar surface area (TPSA) is 118 Å². The first-order chi connectivity index (χ1) is 17.5. The molecule has 3 aromatic rings. The van der Waals surface area contributed by atoms with E-state index in [1.807, 2.05) is 31.2 Å². The number of ether oxygens (including phenoxy) is 4.